The highest BCUT2D eigenvalue weighted by Gasteiger charge is 2.34. The van der Waals surface area contributed by atoms with Crippen LogP contribution >= 0.6 is 15.9 Å². The van der Waals surface area contributed by atoms with E-state index in [4.69, 9.17) is 4.98 Å². The van der Waals surface area contributed by atoms with E-state index >= 15 is 0 Å². The summed E-state index contributed by atoms with van der Waals surface area (Å²) in [5, 5.41) is 3.46. The van der Waals surface area contributed by atoms with Gasteiger partial charge in [0.25, 0.3) is 0 Å². The van der Waals surface area contributed by atoms with Crippen molar-refractivity contribution >= 4 is 21.7 Å². The fourth-order valence-corrected chi connectivity index (χ4v) is 4.39. The Morgan fingerprint density at radius 3 is 2.95 bits per heavy atom. The van der Waals surface area contributed by atoms with E-state index in [0.717, 1.165) is 29.5 Å². The highest BCUT2D eigenvalue weighted by molar-refractivity contribution is 9.10. The predicted octanol–water partition coefficient (Wildman–Crippen LogP) is 4.11. The largest absolute Gasteiger partial charge is 0.353 e. The van der Waals surface area contributed by atoms with Gasteiger partial charge in [-0.25, -0.2) is 4.98 Å². The molecule has 2 fully saturated rings. The summed E-state index contributed by atoms with van der Waals surface area (Å²) in [6.45, 7) is 5.24. The predicted molar refractivity (Wildman–Crippen MR) is 91.6 cm³/mol. The van der Waals surface area contributed by atoms with Gasteiger partial charge in [0.2, 0.25) is 0 Å². The Hall–Kier alpha value is -0.610. The number of halogens is 1. The second kappa shape index (κ2) is 7.10. The molecule has 0 aromatic carbocycles. The first-order chi connectivity index (χ1) is 10.3. The second-order valence-electron chi connectivity index (χ2n) is 6.36. The van der Waals surface area contributed by atoms with Crippen LogP contribution in [0.3, 0.4) is 0 Å². The van der Waals surface area contributed by atoms with Gasteiger partial charge in [0.1, 0.15) is 5.82 Å². The Morgan fingerprint density at radius 1 is 1.29 bits per heavy atom. The number of hydrogen-bond donors (Lipinski definition) is 1. The highest BCUT2D eigenvalue weighted by Crippen LogP contribution is 2.38. The van der Waals surface area contributed by atoms with Crippen molar-refractivity contribution in [1.29, 1.82) is 0 Å². The number of pyridine rings is 1. The van der Waals surface area contributed by atoms with Gasteiger partial charge in [-0.2, -0.15) is 0 Å². The molecule has 1 saturated carbocycles. The lowest BCUT2D eigenvalue weighted by Crippen LogP contribution is -2.47. The van der Waals surface area contributed by atoms with Crippen molar-refractivity contribution in [3.8, 4) is 0 Å². The van der Waals surface area contributed by atoms with Gasteiger partial charge in [-0.1, -0.05) is 19.8 Å². The van der Waals surface area contributed by atoms with Crippen LogP contribution in [-0.4, -0.2) is 24.1 Å². The van der Waals surface area contributed by atoms with Crippen LogP contribution in [0.1, 0.15) is 51.0 Å². The number of piperidine rings is 1. The number of hydrogen-bond acceptors (Lipinski definition) is 3. The molecule has 2 aliphatic rings. The molecule has 1 aromatic rings. The standard InChI is InChI=1S/C17H26BrN3/c1-2-19-11-14-10-15(18)12-20-17(14)21-9-5-7-13-6-3-4-8-16(13)21/h10,12-13,16,19H,2-9,11H2,1H3/t13-,16-/m1/s1. The van der Waals surface area contributed by atoms with Crippen molar-refractivity contribution < 1.29 is 0 Å². The van der Waals surface area contributed by atoms with Crippen LogP contribution in [-0.2, 0) is 6.54 Å². The first-order valence-electron chi connectivity index (χ1n) is 8.41. The zero-order valence-corrected chi connectivity index (χ0v) is 14.5. The molecule has 0 unspecified atom stereocenters. The van der Waals surface area contributed by atoms with E-state index in [0.29, 0.717) is 0 Å². The molecule has 1 aliphatic carbocycles. The number of aromatic nitrogens is 1. The third kappa shape index (κ3) is 3.42. The van der Waals surface area contributed by atoms with Crippen LogP contribution in [0.2, 0.25) is 0 Å². The number of nitrogens with zero attached hydrogens (tertiary/aromatic N) is 2. The lowest BCUT2D eigenvalue weighted by Gasteiger charge is -2.45. The number of nitrogens with one attached hydrogen (secondary N) is 1. The van der Waals surface area contributed by atoms with Gasteiger partial charge in [0.15, 0.2) is 0 Å². The summed E-state index contributed by atoms with van der Waals surface area (Å²) in [4.78, 5) is 7.40. The van der Waals surface area contributed by atoms with Crippen LogP contribution in [0.15, 0.2) is 16.7 Å². The first-order valence-corrected chi connectivity index (χ1v) is 9.20. The van der Waals surface area contributed by atoms with Crippen LogP contribution in [0.5, 0.6) is 0 Å². The van der Waals surface area contributed by atoms with Crippen LogP contribution in [0.25, 0.3) is 0 Å². The Morgan fingerprint density at radius 2 is 2.10 bits per heavy atom. The van der Waals surface area contributed by atoms with E-state index in [1.54, 1.807) is 0 Å². The molecule has 2 atom stereocenters. The fraction of sp³-hybridized carbons (Fsp3) is 0.706. The van der Waals surface area contributed by atoms with E-state index in [1.165, 1.54) is 56.5 Å². The van der Waals surface area contributed by atoms with Crippen LogP contribution in [0.4, 0.5) is 5.82 Å². The third-order valence-electron chi connectivity index (χ3n) is 4.99. The average Bonchev–Trinajstić information content (AvgIpc) is 2.52. The van der Waals surface area contributed by atoms with Crippen molar-refractivity contribution in [3.05, 3.63) is 22.3 Å². The normalized spacial score (nSPS) is 25.7. The molecule has 1 N–H and O–H groups in total. The summed E-state index contributed by atoms with van der Waals surface area (Å²) in [6, 6.07) is 2.96. The van der Waals surface area contributed by atoms with Gasteiger partial charge in [-0.05, 0) is 60.1 Å². The zero-order chi connectivity index (χ0) is 14.7. The van der Waals surface area contributed by atoms with E-state index in [2.05, 4.69) is 39.1 Å². The summed E-state index contributed by atoms with van der Waals surface area (Å²) in [5.74, 6) is 2.11. The molecule has 0 amide bonds. The molecule has 1 aliphatic heterocycles. The van der Waals surface area contributed by atoms with Gasteiger partial charge >= 0.3 is 0 Å². The number of anilines is 1. The summed E-state index contributed by atoms with van der Waals surface area (Å²) in [7, 11) is 0. The monoisotopic (exact) mass is 351 g/mol. The Balaban J connectivity index is 1.87. The summed E-state index contributed by atoms with van der Waals surface area (Å²) in [5.41, 5.74) is 1.33. The maximum atomic E-state index is 4.78. The molecule has 116 valence electrons. The summed E-state index contributed by atoms with van der Waals surface area (Å²) < 4.78 is 1.08. The smallest absolute Gasteiger partial charge is 0.133 e. The molecule has 3 rings (SSSR count). The van der Waals surface area contributed by atoms with E-state index < -0.39 is 0 Å². The molecule has 2 heterocycles. The summed E-state index contributed by atoms with van der Waals surface area (Å²) >= 11 is 3.57. The van der Waals surface area contributed by atoms with Crippen molar-refractivity contribution in [2.75, 3.05) is 18.0 Å². The van der Waals surface area contributed by atoms with Crippen molar-refractivity contribution in [1.82, 2.24) is 10.3 Å². The molecule has 3 nitrogen and oxygen atoms in total. The number of fused-ring (bicyclic) bond motifs is 1. The quantitative estimate of drug-likeness (QED) is 0.884. The van der Waals surface area contributed by atoms with Gasteiger partial charge < -0.3 is 10.2 Å². The zero-order valence-electron chi connectivity index (χ0n) is 12.9. The minimum Gasteiger partial charge on any atom is -0.353 e. The Bertz CT molecular complexity index is 475. The van der Waals surface area contributed by atoms with Crippen LogP contribution in [0, 0.1) is 5.92 Å². The first kappa shape index (κ1) is 15.3. The minimum absolute atomic E-state index is 0.724. The van der Waals surface area contributed by atoms with Crippen molar-refractivity contribution in [3.63, 3.8) is 0 Å². The Labute approximate surface area is 136 Å². The lowest BCUT2D eigenvalue weighted by molar-refractivity contribution is 0.242. The fourth-order valence-electron chi connectivity index (χ4n) is 4.01. The summed E-state index contributed by atoms with van der Waals surface area (Å²) in [6.07, 6.45) is 10.3. The van der Waals surface area contributed by atoms with Crippen LogP contribution < -0.4 is 10.2 Å². The van der Waals surface area contributed by atoms with Gasteiger partial charge in [-0.3, -0.25) is 0 Å². The maximum absolute atomic E-state index is 4.78. The molecular weight excluding hydrogens is 326 g/mol. The molecule has 0 radical (unpaired) electrons. The second-order valence-corrected chi connectivity index (χ2v) is 7.28. The van der Waals surface area contributed by atoms with E-state index in [-0.39, 0.29) is 0 Å². The van der Waals surface area contributed by atoms with Gasteiger partial charge in [0.05, 0.1) is 0 Å². The minimum atomic E-state index is 0.724. The Kier molecular flexibility index (Phi) is 5.17. The van der Waals surface area contributed by atoms with Gasteiger partial charge in [0, 0.05) is 35.4 Å². The number of rotatable bonds is 4. The molecule has 1 saturated heterocycles. The molecule has 1 aromatic heterocycles. The topological polar surface area (TPSA) is 28.2 Å². The van der Waals surface area contributed by atoms with E-state index in [1.807, 2.05) is 6.20 Å². The third-order valence-corrected chi connectivity index (χ3v) is 5.42. The van der Waals surface area contributed by atoms with Crippen molar-refractivity contribution in [2.45, 2.75) is 58.0 Å². The lowest BCUT2D eigenvalue weighted by atomic mass is 9.78. The molecule has 21 heavy (non-hydrogen) atoms. The van der Waals surface area contributed by atoms with Gasteiger partial charge in [-0.15, -0.1) is 0 Å². The van der Waals surface area contributed by atoms with Crippen molar-refractivity contribution in [2.24, 2.45) is 5.92 Å². The molecular formula is C17H26BrN3. The average molecular weight is 352 g/mol. The molecule has 0 spiro atoms. The SMILES string of the molecule is CCNCc1cc(Br)cnc1N1CCC[C@H]2CCCC[C@H]21. The van der Waals surface area contributed by atoms with E-state index in [9.17, 15) is 0 Å². The molecule has 4 heteroatoms. The molecule has 0 bridgehead atoms. The highest BCUT2D eigenvalue weighted by atomic mass is 79.9. The maximum Gasteiger partial charge on any atom is 0.133 e.